The lowest BCUT2D eigenvalue weighted by atomic mass is 10.2. The maximum Gasteiger partial charge on any atom is 0.166 e. The molecule has 0 saturated heterocycles. The van der Waals surface area contributed by atoms with Crippen LogP contribution >= 0.6 is 31.9 Å². The Bertz CT molecular complexity index is 767. The van der Waals surface area contributed by atoms with Crippen molar-refractivity contribution >= 4 is 37.5 Å². The molecule has 0 unspecified atom stereocenters. The summed E-state index contributed by atoms with van der Waals surface area (Å²) < 4.78 is 1.89. The first-order valence-corrected chi connectivity index (χ1v) is 7.40. The zero-order valence-electron chi connectivity index (χ0n) is 10.2. The van der Waals surface area contributed by atoms with Crippen LogP contribution in [0.2, 0.25) is 0 Å². The molecule has 3 rings (SSSR count). The molecule has 0 aromatic heterocycles. The molecular formula is C14H11Br2N3. The van der Waals surface area contributed by atoms with Crippen LogP contribution in [0.15, 0.2) is 49.3 Å². The summed E-state index contributed by atoms with van der Waals surface area (Å²) >= 11 is 6.94. The average molecular weight is 381 g/mol. The van der Waals surface area contributed by atoms with Gasteiger partial charge in [0, 0.05) is 4.47 Å². The first-order chi connectivity index (χ1) is 9.06. The molecule has 1 heterocycles. The Morgan fingerprint density at radius 1 is 1.11 bits per heavy atom. The monoisotopic (exact) mass is 379 g/mol. The van der Waals surface area contributed by atoms with Gasteiger partial charge in [-0.3, -0.25) is 9.98 Å². The van der Waals surface area contributed by atoms with Crippen LogP contribution in [-0.2, 0) is 0 Å². The lowest BCUT2D eigenvalue weighted by Gasteiger charge is -2.03. The third-order valence-electron chi connectivity index (χ3n) is 3.15. The molecule has 0 spiro atoms. The van der Waals surface area contributed by atoms with Crippen molar-refractivity contribution in [3.63, 3.8) is 0 Å². The van der Waals surface area contributed by atoms with Crippen molar-refractivity contribution in [2.75, 3.05) is 5.73 Å². The highest BCUT2D eigenvalue weighted by molar-refractivity contribution is 9.10. The molecule has 1 aliphatic rings. The molecule has 2 N–H and O–H groups in total. The van der Waals surface area contributed by atoms with Crippen LogP contribution in [0.1, 0.15) is 17.3 Å². The van der Waals surface area contributed by atoms with Crippen molar-refractivity contribution in [3.05, 3.63) is 61.1 Å². The second kappa shape index (κ2) is 4.72. The summed E-state index contributed by atoms with van der Waals surface area (Å²) in [6.45, 7) is 1.98. The fourth-order valence-electron chi connectivity index (χ4n) is 2.05. The van der Waals surface area contributed by atoms with Crippen LogP contribution in [-0.4, -0.2) is 0 Å². The number of hydrogen-bond donors (Lipinski definition) is 1. The normalized spacial score (nSPS) is 16.7. The van der Waals surface area contributed by atoms with Crippen molar-refractivity contribution in [2.45, 2.75) is 13.1 Å². The second-order valence-corrected chi connectivity index (χ2v) is 6.18. The van der Waals surface area contributed by atoms with Crippen LogP contribution in [0.3, 0.4) is 0 Å². The van der Waals surface area contributed by atoms with Gasteiger partial charge in [0.1, 0.15) is 5.36 Å². The SMILES string of the molecule is Cc1cc2c(c(Br)c1N)=N[C@@H](c1ccc(Br)cc1)N=2. The van der Waals surface area contributed by atoms with E-state index in [1.54, 1.807) is 0 Å². The molecule has 0 saturated carbocycles. The van der Waals surface area contributed by atoms with Gasteiger partial charge in [0.05, 0.1) is 15.5 Å². The minimum absolute atomic E-state index is 0.180. The number of nitrogens with two attached hydrogens (primary N) is 1. The summed E-state index contributed by atoms with van der Waals surface area (Å²) in [6.07, 6.45) is -0.180. The lowest BCUT2D eigenvalue weighted by Crippen LogP contribution is -2.24. The van der Waals surface area contributed by atoms with E-state index in [-0.39, 0.29) is 6.17 Å². The van der Waals surface area contributed by atoms with Crippen molar-refractivity contribution in [1.82, 2.24) is 0 Å². The highest BCUT2D eigenvalue weighted by Crippen LogP contribution is 2.24. The number of hydrogen-bond acceptors (Lipinski definition) is 3. The molecular weight excluding hydrogens is 370 g/mol. The molecule has 96 valence electrons. The zero-order valence-corrected chi connectivity index (χ0v) is 13.4. The molecule has 1 aliphatic heterocycles. The Morgan fingerprint density at radius 2 is 1.79 bits per heavy atom. The van der Waals surface area contributed by atoms with Crippen molar-refractivity contribution in [2.24, 2.45) is 9.98 Å². The minimum Gasteiger partial charge on any atom is -0.398 e. The Morgan fingerprint density at radius 3 is 2.47 bits per heavy atom. The predicted molar refractivity (Wildman–Crippen MR) is 82.5 cm³/mol. The summed E-state index contributed by atoms with van der Waals surface area (Å²) in [5.41, 5.74) is 8.82. The van der Waals surface area contributed by atoms with E-state index in [0.29, 0.717) is 0 Å². The summed E-state index contributed by atoms with van der Waals surface area (Å²) in [5.74, 6) is 0. The van der Waals surface area contributed by atoms with Gasteiger partial charge in [-0.1, -0.05) is 28.1 Å². The molecule has 2 aromatic rings. The number of fused-ring (bicyclic) bond motifs is 1. The fourth-order valence-corrected chi connectivity index (χ4v) is 2.93. The van der Waals surface area contributed by atoms with Gasteiger partial charge in [0.15, 0.2) is 6.17 Å². The molecule has 5 heteroatoms. The summed E-state index contributed by atoms with van der Waals surface area (Å²) in [5, 5.41) is 1.74. The Hall–Kier alpha value is -1.20. The molecule has 19 heavy (non-hydrogen) atoms. The molecule has 0 aliphatic carbocycles. The van der Waals surface area contributed by atoms with Crippen LogP contribution in [0.4, 0.5) is 5.69 Å². The van der Waals surface area contributed by atoms with Crippen LogP contribution in [0.25, 0.3) is 0 Å². The smallest absolute Gasteiger partial charge is 0.166 e. The molecule has 0 amide bonds. The summed E-state index contributed by atoms with van der Waals surface area (Å²) in [6, 6.07) is 10.0. The summed E-state index contributed by atoms with van der Waals surface area (Å²) in [7, 11) is 0. The highest BCUT2D eigenvalue weighted by Gasteiger charge is 2.16. The van der Waals surface area contributed by atoms with Gasteiger partial charge < -0.3 is 5.73 Å². The molecule has 2 aromatic carbocycles. The van der Waals surface area contributed by atoms with Crippen LogP contribution < -0.4 is 16.4 Å². The van der Waals surface area contributed by atoms with E-state index in [1.807, 2.05) is 37.3 Å². The molecule has 0 radical (unpaired) electrons. The quantitative estimate of drug-likeness (QED) is 0.759. The van der Waals surface area contributed by atoms with Crippen LogP contribution in [0, 0.1) is 6.92 Å². The lowest BCUT2D eigenvalue weighted by molar-refractivity contribution is 0.770. The van der Waals surface area contributed by atoms with Gasteiger partial charge in [-0.2, -0.15) is 0 Å². The Labute approximate surface area is 127 Å². The Balaban J connectivity index is 2.15. The van der Waals surface area contributed by atoms with Crippen molar-refractivity contribution in [3.8, 4) is 0 Å². The van der Waals surface area contributed by atoms with Gasteiger partial charge in [0.25, 0.3) is 0 Å². The summed E-state index contributed by atoms with van der Waals surface area (Å²) in [4.78, 5) is 9.29. The Kier molecular flexibility index (Phi) is 3.19. The second-order valence-electron chi connectivity index (χ2n) is 4.47. The van der Waals surface area contributed by atoms with E-state index in [9.17, 15) is 0 Å². The van der Waals surface area contributed by atoms with E-state index in [0.717, 1.165) is 36.5 Å². The van der Waals surface area contributed by atoms with Crippen molar-refractivity contribution < 1.29 is 0 Å². The van der Waals surface area contributed by atoms with E-state index in [2.05, 4.69) is 41.8 Å². The maximum absolute atomic E-state index is 6.00. The predicted octanol–water partition coefficient (Wildman–Crippen LogP) is 3.05. The number of nitrogens with zero attached hydrogens (tertiary/aromatic N) is 2. The third-order valence-corrected chi connectivity index (χ3v) is 4.48. The number of rotatable bonds is 1. The molecule has 3 nitrogen and oxygen atoms in total. The number of anilines is 1. The van der Waals surface area contributed by atoms with Gasteiger partial charge in [-0.25, -0.2) is 0 Å². The number of aryl methyl sites for hydroxylation is 1. The van der Waals surface area contributed by atoms with E-state index < -0.39 is 0 Å². The molecule has 0 fully saturated rings. The largest absolute Gasteiger partial charge is 0.398 e. The number of halogens is 2. The number of benzene rings is 2. The average Bonchev–Trinajstić information content (AvgIpc) is 2.81. The maximum atomic E-state index is 6.00. The first-order valence-electron chi connectivity index (χ1n) is 5.82. The van der Waals surface area contributed by atoms with E-state index in [4.69, 9.17) is 5.73 Å². The number of nitrogen functional groups attached to an aromatic ring is 1. The first kappa shape index (κ1) is 12.8. The van der Waals surface area contributed by atoms with Crippen molar-refractivity contribution in [1.29, 1.82) is 0 Å². The van der Waals surface area contributed by atoms with Gasteiger partial charge in [-0.05, 0) is 52.2 Å². The fraction of sp³-hybridized carbons (Fsp3) is 0.143. The minimum atomic E-state index is -0.180. The third kappa shape index (κ3) is 2.21. The zero-order chi connectivity index (χ0) is 13.6. The van der Waals surface area contributed by atoms with Gasteiger partial charge >= 0.3 is 0 Å². The van der Waals surface area contributed by atoms with Crippen LogP contribution in [0.5, 0.6) is 0 Å². The standard InChI is InChI=1S/C14H11Br2N3/c1-7-6-10-13(11(16)12(7)17)19-14(18-10)8-2-4-9(15)5-3-8/h2-6,14H,17H2,1H3/t14-/m0/s1. The van der Waals surface area contributed by atoms with Gasteiger partial charge in [-0.15, -0.1) is 0 Å². The van der Waals surface area contributed by atoms with E-state index >= 15 is 0 Å². The van der Waals surface area contributed by atoms with Gasteiger partial charge in [0.2, 0.25) is 0 Å². The topological polar surface area (TPSA) is 50.7 Å². The molecule has 0 bridgehead atoms. The van der Waals surface area contributed by atoms with E-state index in [1.165, 1.54) is 0 Å². The molecule has 1 atom stereocenters. The highest BCUT2D eigenvalue weighted by atomic mass is 79.9.